The van der Waals surface area contributed by atoms with Gasteiger partial charge in [-0.3, -0.25) is 0 Å². The number of benzene rings is 2. The molecule has 0 aliphatic heterocycles. The minimum atomic E-state index is -1.06. The van der Waals surface area contributed by atoms with E-state index in [-0.39, 0.29) is 22.2 Å². The van der Waals surface area contributed by atoms with Gasteiger partial charge in [-0.05, 0) is 42.5 Å². The highest BCUT2D eigenvalue weighted by atomic mass is 32.1. The number of tetrazole rings is 1. The summed E-state index contributed by atoms with van der Waals surface area (Å²) in [5.41, 5.74) is 1.34. The Morgan fingerprint density at radius 2 is 1.97 bits per heavy atom. The van der Waals surface area contributed by atoms with E-state index >= 15 is 0 Å². The van der Waals surface area contributed by atoms with E-state index < -0.39 is 17.6 Å². The van der Waals surface area contributed by atoms with Gasteiger partial charge in [-0.2, -0.15) is 4.80 Å². The molecule has 4 rings (SSSR count). The second-order valence-electron chi connectivity index (χ2n) is 6.23. The highest BCUT2D eigenvalue weighted by molar-refractivity contribution is 7.17. The summed E-state index contributed by atoms with van der Waals surface area (Å²) in [6, 6.07) is 7.68. The zero-order valence-electron chi connectivity index (χ0n) is 15.6. The molecule has 0 atom stereocenters. The maximum absolute atomic E-state index is 14.1. The van der Waals surface area contributed by atoms with Crippen LogP contribution in [0.2, 0.25) is 0 Å². The standard InChI is InChI=1S/C19H13F2N5O3S/c1-9-16(19(27)28)30-18(22-9)10-3-6-14(12(7-10)17-23-25-26(2)24-17)29-15-8-11(20)4-5-13(15)21/h3-8H,1-2H3,(H,27,28). The van der Waals surface area contributed by atoms with Crippen molar-refractivity contribution in [1.82, 2.24) is 25.2 Å². The molecule has 30 heavy (non-hydrogen) atoms. The molecule has 2 aromatic heterocycles. The molecule has 8 nitrogen and oxygen atoms in total. The maximum Gasteiger partial charge on any atom is 0.347 e. The molecule has 2 aromatic carbocycles. The smallest absolute Gasteiger partial charge is 0.347 e. The van der Waals surface area contributed by atoms with Crippen molar-refractivity contribution in [3.63, 3.8) is 0 Å². The third-order valence-electron chi connectivity index (χ3n) is 4.08. The number of halogens is 2. The zero-order chi connectivity index (χ0) is 21.4. The molecule has 2 heterocycles. The Kier molecular flexibility index (Phi) is 4.96. The van der Waals surface area contributed by atoms with Gasteiger partial charge in [0.2, 0.25) is 5.82 Å². The van der Waals surface area contributed by atoms with E-state index in [1.54, 1.807) is 26.1 Å². The number of ether oxygens (including phenoxy) is 1. The van der Waals surface area contributed by atoms with Crippen molar-refractivity contribution < 1.29 is 23.4 Å². The second kappa shape index (κ2) is 7.59. The van der Waals surface area contributed by atoms with E-state index in [1.165, 1.54) is 10.9 Å². The SMILES string of the molecule is Cc1nc(-c2ccc(Oc3cc(F)ccc3F)c(-c3nnn(C)n3)c2)sc1C(=O)O. The number of carbonyl (C=O) groups is 1. The summed E-state index contributed by atoms with van der Waals surface area (Å²) in [6.07, 6.45) is 0. The molecular formula is C19H13F2N5O3S. The molecule has 0 radical (unpaired) electrons. The summed E-state index contributed by atoms with van der Waals surface area (Å²) in [4.78, 5) is 17.0. The molecule has 0 aliphatic rings. The number of aromatic nitrogens is 5. The fourth-order valence-electron chi connectivity index (χ4n) is 2.71. The van der Waals surface area contributed by atoms with Crippen LogP contribution in [0.25, 0.3) is 22.0 Å². The van der Waals surface area contributed by atoms with Gasteiger partial charge in [0.05, 0.1) is 18.3 Å². The Labute approximate surface area is 172 Å². The first-order valence-electron chi connectivity index (χ1n) is 8.54. The van der Waals surface area contributed by atoms with Crippen LogP contribution in [-0.2, 0) is 7.05 Å². The van der Waals surface area contributed by atoms with Gasteiger partial charge in [-0.1, -0.05) is 0 Å². The van der Waals surface area contributed by atoms with Crippen molar-refractivity contribution in [1.29, 1.82) is 0 Å². The number of aromatic carboxylic acids is 1. The average Bonchev–Trinajstić information content (AvgIpc) is 3.31. The van der Waals surface area contributed by atoms with Crippen LogP contribution >= 0.6 is 11.3 Å². The molecule has 0 saturated heterocycles. The molecule has 152 valence electrons. The van der Waals surface area contributed by atoms with Crippen LogP contribution < -0.4 is 4.74 Å². The van der Waals surface area contributed by atoms with Gasteiger partial charge < -0.3 is 9.84 Å². The van der Waals surface area contributed by atoms with Crippen molar-refractivity contribution in [2.75, 3.05) is 0 Å². The first kappa shape index (κ1) is 19.6. The summed E-state index contributed by atoms with van der Waals surface area (Å²) in [5.74, 6) is -2.39. The Hall–Kier alpha value is -3.73. The third kappa shape index (κ3) is 3.74. The van der Waals surface area contributed by atoms with Gasteiger partial charge in [0.15, 0.2) is 11.6 Å². The molecule has 0 amide bonds. The van der Waals surface area contributed by atoms with Crippen molar-refractivity contribution in [2.24, 2.45) is 7.05 Å². The van der Waals surface area contributed by atoms with Crippen LogP contribution in [0.15, 0.2) is 36.4 Å². The zero-order valence-corrected chi connectivity index (χ0v) is 16.4. The number of rotatable bonds is 5. The lowest BCUT2D eigenvalue weighted by molar-refractivity contribution is 0.0701. The molecule has 4 aromatic rings. The molecule has 0 spiro atoms. The predicted octanol–water partition coefficient (Wildman–Crippen LogP) is 4.08. The lowest BCUT2D eigenvalue weighted by Crippen LogP contribution is -1.95. The van der Waals surface area contributed by atoms with E-state index in [9.17, 15) is 18.7 Å². The van der Waals surface area contributed by atoms with Crippen LogP contribution in [0.5, 0.6) is 11.5 Å². The number of thiazole rings is 1. The van der Waals surface area contributed by atoms with Crippen molar-refractivity contribution >= 4 is 17.3 Å². The van der Waals surface area contributed by atoms with E-state index in [1.807, 2.05) is 0 Å². The summed E-state index contributed by atoms with van der Waals surface area (Å²) in [5, 5.41) is 21.6. The quantitative estimate of drug-likeness (QED) is 0.510. The molecule has 0 bridgehead atoms. The fraction of sp³-hybridized carbons (Fsp3) is 0.105. The second-order valence-corrected chi connectivity index (χ2v) is 7.23. The van der Waals surface area contributed by atoms with E-state index in [0.29, 0.717) is 21.8 Å². The molecule has 1 N–H and O–H groups in total. The Morgan fingerprint density at radius 3 is 2.63 bits per heavy atom. The van der Waals surface area contributed by atoms with Gasteiger partial charge in [0, 0.05) is 11.6 Å². The number of carboxylic acid groups (broad SMARTS) is 1. The molecule has 11 heteroatoms. The average molecular weight is 429 g/mol. The summed E-state index contributed by atoms with van der Waals surface area (Å²) < 4.78 is 33.2. The fourth-order valence-corrected chi connectivity index (χ4v) is 3.61. The molecule has 0 fully saturated rings. The van der Waals surface area contributed by atoms with Crippen molar-refractivity contribution in [3.05, 3.63) is 58.6 Å². The lowest BCUT2D eigenvalue weighted by Gasteiger charge is -2.11. The Balaban J connectivity index is 1.82. The number of nitrogens with zero attached hydrogens (tertiary/aromatic N) is 5. The highest BCUT2D eigenvalue weighted by Gasteiger charge is 2.19. The third-order valence-corrected chi connectivity index (χ3v) is 5.27. The Bertz CT molecular complexity index is 1270. The summed E-state index contributed by atoms with van der Waals surface area (Å²) >= 11 is 1.02. The van der Waals surface area contributed by atoms with Gasteiger partial charge in [-0.25, -0.2) is 18.6 Å². The normalized spacial score (nSPS) is 10.9. The lowest BCUT2D eigenvalue weighted by atomic mass is 10.1. The van der Waals surface area contributed by atoms with E-state index in [0.717, 1.165) is 29.5 Å². The van der Waals surface area contributed by atoms with Crippen LogP contribution in [0.1, 0.15) is 15.4 Å². The largest absolute Gasteiger partial charge is 0.477 e. The van der Waals surface area contributed by atoms with Crippen LogP contribution in [-0.4, -0.2) is 36.3 Å². The molecule has 0 aliphatic carbocycles. The van der Waals surface area contributed by atoms with E-state index in [4.69, 9.17) is 4.74 Å². The van der Waals surface area contributed by atoms with Crippen LogP contribution in [0, 0.1) is 18.6 Å². The van der Waals surface area contributed by atoms with E-state index in [2.05, 4.69) is 20.4 Å². The maximum atomic E-state index is 14.1. The van der Waals surface area contributed by atoms with Gasteiger partial charge in [-0.15, -0.1) is 21.5 Å². The highest BCUT2D eigenvalue weighted by Crippen LogP contribution is 2.37. The van der Waals surface area contributed by atoms with Gasteiger partial charge in [0.1, 0.15) is 21.5 Å². The molecule has 0 unspecified atom stereocenters. The molecular weight excluding hydrogens is 416 g/mol. The number of carboxylic acids is 1. The van der Waals surface area contributed by atoms with Crippen molar-refractivity contribution in [3.8, 4) is 33.5 Å². The van der Waals surface area contributed by atoms with Gasteiger partial charge >= 0.3 is 5.97 Å². The van der Waals surface area contributed by atoms with Crippen molar-refractivity contribution in [2.45, 2.75) is 6.92 Å². The first-order valence-corrected chi connectivity index (χ1v) is 9.36. The Morgan fingerprint density at radius 1 is 1.17 bits per heavy atom. The predicted molar refractivity (Wildman–Crippen MR) is 103 cm³/mol. The van der Waals surface area contributed by atoms with Crippen LogP contribution in [0.4, 0.5) is 8.78 Å². The monoisotopic (exact) mass is 429 g/mol. The first-order chi connectivity index (χ1) is 14.3. The minimum absolute atomic E-state index is 0.131. The van der Waals surface area contributed by atoms with Crippen LogP contribution in [0.3, 0.4) is 0 Å². The summed E-state index contributed by atoms with van der Waals surface area (Å²) in [6.45, 7) is 1.61. The van der Waals surface area contributed by atoms with Gasteiger partial charge in [0.25, 0.3) is 0 Å². The molecule has 0 saturated carbocycles. The number of hydrogen-bond acceptors (Lipinski definition) is 7. The number of hydrogen-bond donors (Lipinski definition) is 1. The summed E-state index contributed by atoms with van der Waals surface area (Å²) in [7, 11) is 1.58. The number of aryl methyl sites for hydroxylation is 2. The minimum Gasteiger partial charge on any atom is -0.477 e. The topological polar surface area (TPSA) is 103 Å².